The van der Waals surface area contributed by atoms with Gasteiger partial charge in [-0.1, -0.05) is 0 Å². The third kappa shape index (κ3) is 2.19. The van der Waals surface area contributed by atoms with Gasteiger partial charge < -0.3 is 19.1 Å². The molecule has 0 radical (unpaired) electrons. The topological polar surface area (TPSA) is 32.0 Å². The fourth-order valence-corrected chi connectivity index (χ4v) is 1.45. The molecule has 0 amide bonds. The average Bonchev–Trinajstić information content (AvgIpc) is 2.35. The molecule has 0 N–H and O–H groups in total. The van der Waals surface area contributed by atoms with Gasteiger partial charge >= 0.3 is 0 Å². The molecule has 1 rings (SSSR count). The molecule has 0 aromatic heterocycles. The molecule has 1 aromatic rings. The van der Waals surface area contributed by atoms with Crippen molar-refractivity contribution in [3.05, 3.63) is 29.1 Å². The predicted octanol–water partition coefficient (Wildman–Crippen LogP) is 2.69. The van der Waals surface area contributed by atoms with Gasteiger partial charge in [-0.3, -0.25) is 0 Å². The van der Waals surface area contributed by atoms with E-state index in [1.165, 1.54) is 0 Å². The van der Waals surface area contributed by atoms with Crippen molar-refractivity contribution in [1.29, 1.82) is 0 Å². The van der Waals surface area contributed by atoms with Crippen LogP contribution in [0.3, 0.4) is 0 Å². The van der Waals surface area contributed by atoms with Gasteiger partial charge in [0.1, 0.15) is 5.75 Å². The van der Waals surface area contributed by atoms with Crippen LogP contribution in [0.4, 0.5) is 0 Å². The molecule has 0 bridgehead atoms. The highest BCUT2D eigenvalue weighted by Crippen LogP contribution is 2.38. The van der Waals surface area contributed by atoms with Gasteiger partial charge in [-0.25, -0.2) is 6.57 Å². The molecule has 86 valence electrons. The minimum absolute atomic E-state index is 0.269. The Morgan fingerprint density at radius 3 is 1.94 bits per heavy atom. The average molecular weight is 221 g/mol. The Morgan fingerprint density at radius 2 is 1.50 bits per heavy atom. The first-order chi connectivity index (χ1) is 7.67. The normalized spacial score (nSPS) is 11.4. The zero-order valence-electron chi connectivity index (χ0n) is 9.90. The van der Waals surface area contributed by atoms with E-state index in [1.54, 1.807) is 33.5 Å². The molecule has 1 unspecified atom stereocenters. The summed E-state index contributed by atoms with van der Waals surface area (Å²) in [6.45, 7) is 8.86. The van der Waals surface area contributed by atoms with Crippen LogP contribution in [0.5, 0.6) is 17.2 Å². The minimum Gasteiger partial charge on any atom is -0.496 e. The molecule has 0 aliphatic carbocycles. The van der Waals surface area contributed by atoms with Gasteiger partial charge in [-0.05, 0) is 6.07 Å². The Labute approximate surface area is 95.6 Å². The predicted molar refractivity (Wildman–Crippen MR) is 61.1 cm³/mol. The monoisotopic (exact) mass is 221 g/mol. The van der Waals surface area contributed by atoms with E-state index in [0.29, 0.717) is 17.2 Å². The molecule has 4 heteroatoms. The SMILES string of the molecule is [C-]#[N+]C(C)c1cc(OC)c(OC)cc1OC. The number of benzene rings is 1. The van der Waals surface area contributed by atoms with E-state index in [0.717, 1.165) is 5.56 Å². The smallest absolute Gasteiger partial charge is 0.249 e. The van der Waals surface area contributed by atoms with Crippen molar-refractivity contribution in [2.45, 2.75) is 13.0 Å². The molecule has 0 saturated heterocycles. The lowest BCUT2D eigenvalue weighted by Gasteiger charge is -2.13. The first-order valence-electron chi connectivity index (χ1n) is 4.84. The first kappa shape index (κ1) is 12.2. The summed E-state index contributed by atoms with van der Waals surface area (Å²) < 4.78 is 15.6. The largest absolute Gasteiger partial charge is 0.496 e. The number of methoxy groups -OCH3 is 3. The van der Waals surface area contributed by atoms with Crippen molar-refractivity contribution in [2.24, 2.45) is 0 Å². The van der Waals surface area contributed by atoms with Crippen molar-refractivity contribution in [3.63, 3.8) is 0 Å². The van der Waals surface area contributed by atoms with Crippen LogP contribution >= 0.6 is 0 Å². The van der Waals surface area contributed by atoms with Gasteiger partial charge in [0, 0.05) is 13.0 Å². The highest BCUT2D eigenvalue weighted by molar-refractivity contribution is 5.52. The van der Waals surface area contributed by atoms with E-state index >= 15 is 0 Å². The van der Waals surface area contributed by atoms with Crippen LogP contribution in [-0.4, -0.2) is 21.3 Å². The summed E-state index contributed by atoms with van der Waals surface area (Å²) in [6, 6.07) is 3.24. The molecule has 0 aliphatic rings. The highest BCUT2D eigenvalue weighted by atomic mass is 16.5. The standard InChI is InChI=1S/C12H15NO3/c1-8(13-2)9-6-11(15-4)12(16-5)7-10(9)14-3/h6-8H,1,3-5H3. The Hall–Kier alpha value is -1.89. The zero-order valence-corrected chi connectivity index (χ0v) is 9.90. The molecule has 0 saturated carbocycles. The molecule has 16 heavy (non-hydrogen) atoms. The summed E-state index contributed by atoms with van der Waals surface area (Å²) in [7, 11) is 4.70. The summed E-state index contributed by atoms with van der Waals surface area (Å²) >= 11 is 0. The highest BCUT2D eigenvalue weighted by Gasteiger charge is 2.19. The maximum atomic E-state index is 7.04. The van der Waals surface area contributed by atoms with Gasteiger partial charge in [0.25, 0.3) is 0 Å². The summed E-state index contributed by atoms with van der Waals surface area (Å²) in [6.07, 6.45) is 0. The van der Waals surface area contributed by atoms with Crippen molar-refractivity contribution >= 4 is 0 Å². The van der Waals surface area contributed by atoms with E-state index < -0.39 is 0 Å². The molecule has 0 spiro atoms. The summed E-state index contributed by atoms with van der Waals surface area (Å²) in [5.41, 5.74) is 0.801. The van der Waals surface area contributed by atoms with Gasteiger partial charge in [0.2, 0.25) is 6.04 Å². The molecular formula is C12H15NO3. The second-order valence-corrected chi connectivity index (χ2v) is 3.25. The van der Waals surface area contributed by atoms with Crippen LogP contribution in [0, 0.1) is 6.57 Å². The summed E-state index contributed by atoms with van der Waals surface area (Å²) in [5.74, 6) is 1.84. The minimum atomic E-state index is -0.269. The van der Waals surface area contributed by atoms with E-state index in [9.17, 15) is 0 Å². The van der Waals surface area contributed by atoms with Crippen molar-refractivity contribution in [1.82, 2.24) is 0 Å². The Bertz CT molecular complexity index is 409. The molecule has 0 heterocycles. The summed E-state index contributed by atoms with van der Waals surface area (Å²) in [5, 5.41) is 0. The van der Waals surface area contributed by atoms with E-state index in [4.69, 9.17) is 20.8 Å². The van der Waals surface area contributed by atoms with Gasteiger partial charge in [0.15, 0.2) is 11.5 Å². The Kier molecular flexibility index (Phi) is 4.01. The lowest BCUT2D eigenvalue weighted by molar-refractivity contribution is 0.347. The Morgan fingerprint density at radius 1 is 1.00 bits per heavy atom. The van der Waals surface area contributed by atoms with Crippen LogP contribution in [0.15, 0.2) is 12.1 Å². The molecule has 0 aliphatic heterocycles. The first-order valence-corrected chi connectivity index (χ1v) is 4.84. The van der Waals surface area contributed by atoms with E-state index in [-0.39, 0.29) is 6.04 Å². The van der Waals surface area contributed by atoms with Crippen LogP contribution in [0.2, 0.25) is 0 Å². The molecule has 4 nitrogen and oxygen atoms in total. The maximum Gasteiger partial charge on any atom is 0.249 e. The third-order valence-corrected chi connectivity index (χ3v) is 2.38. The van der Waals surface area contributed by atoms with Crippen molar-refractivity contribution < 1.29 is 14.2 Å². The maximum absolute atomic E-state index is 7.04. The van der Waals surface area contributed by atoms with Crippen LogP contribution in [0.25, 0.3) is 4.85 Å². The molecule has 1 atom stereocenters. The second kappa shape index (κ2) is 5.26. The quantitative estimate of drug-likeness (QED) is 0.733. The number of rotatable bonds is 4. The lowest BCUT2D eigenvalue weighted by Crippen LogP contribution is -1.98. The zero-order chi connectivity index (χ0) is 12.1. The van der Waals surface area contributed by atoms with Crippen LogP contribution in [-0.2, 0) is 0 Å². The van der Waals surface area contributed by atoms with E-state index in [1.807, 2.05) is 6.92 Å². The molecule has 0 fully saturated rings. The van der Waals surface area contributed by atoms with E-state index in [2.05, 4.69) is 4.85 Å². The number of hydrogen-bond donors (Lipinski definition) is 0. The van der Waals surface area contributed by atoms with Crippen LogP contribution < -0.4 is 14.2 Å². The van der Waals surface area contributed by atoms with Crippen molar-refractivity contribution in [3.8, 4) is 17.2 Å². The van der Waals surface area contributed by atoms with Gasteiger partial charge in [0.05, 0.1) is 26.9 Å². The molecular weight excluding hydrogens is 206 g/mol. The number of nitrogens with zero attached hydrogens (tertiary/aromatic N) is 1. The fraction of sp³-hybridized carbons (Fsp3) is 0.417. The number of hydrogen-bond acceptors (Lipinski definition) is 3. The number of ether oxygens (including phenoxy) is 3. The van der Waals surface area contributed by atoms with Gasteiger partial charge in [-0.15, -0.1) is 0 Å². The Balaban J connectivity index is 3.32. The fourth-order valence-electron chi connectivity index (χ4n) is 1.45. The van der Waals surface area contributed by atoms with Gasteiger partial charge in [-0.2, -0.15) is 0 Å². The third-order valence-electron chi connectivity index (χ3n) is 2.38. The second-order valence-electron chi connectivity index (χ2n) is 3.25. The molecule has 1 aromatic carbocycles. The van der Waals surface area contributed by atoms with Crippen LogP contribution in [0.1, 0.15) is 18.5 Å². The van der Waals surface area contributed by atoms with Crippen molar-refractivity contribution in [2.75, 3.05) is 21.3 Å². The lowest BCUT2D eigenvalue weighted by atomic mass is 10.1. The summed E-state index contributed by atoms with van der Waals surface area (Å²) in [4.78, 5) is 3.47.